The lowest BCUT2D eigenvalue weighted by atomic mass is 10.1. The molecule has 0 atom stereocenters. The molecule has 0 radical (unpaired) electrons. The Labute approximate surface area is 108 Å². The highest BCUT2D eigenvalue weighted by atomic mass is 35.5. The van der Waals surface area contributed by atoms with Crippen molar-refractivity contribution in [3.05, 3.63) is 52.6 Å². The van der Waals surface area contributed by atoms with Gasteiger partial charge in [0.25, 0.3) is 0 Å². The molecule has 0 aliphatic rings. The summed E-state index contributed by atoms with van der Waals surface area (Å²) in [4.78, 5) is 25.2. The zero-order valence-corrected chi connectivity index (χ0v) is 9.96. The fourth-order valence-electron chi connectivity index (χ4n) is 1.55. The number of nitrogens with zero attached hydrogens (tertiary/aromatic N) is 2. The molecule has 1 aromatic carbocycles. The standard InChI is InChI=1S/C12H9ClN2O3/c13-11-2-1-8(12(17)18)3-9(11)4-15-5-10(6-16)14-7-15/h1-3,5-7H,4H2,(H,17,18). The maximum Gasteiger partial charge on any atom is 0.335 e. The van der Waals surface area contributed by atoms with Crippen LogP contribution in [-0.2, 0) is 6.54 Å². The number of aldehydes is 1. The molecule has 0 unspecified atom stereocenters. The van der Waals surface area contributed by atoms with Crippen molar-refractivity contribution >= 4 is 23.9 Å². The summed E-state index contributed by atoms with van der Waals surface area (Å²) in [5.41, 5.74) is 1.15. The lowest BCUT2D eigenvalue weighted by Crippen LogP contribution is -2.01. The summed E-state index contributed by atoms with van der Waals surface area (Å²) in [5.74, 6) is -1.01. The molecule has 0 bridgehead atoms. The van der Waals surface area contributed by atoms with Crippen LogP contribution in [0.2, 0.25) is 5.02 Å². The van der Waals surface area contributed by atoms with E-state index in [9.17, 15) is 9.59 Å². The van der Waals surface area contributed by atoms with E-state index in [-0.39, 0.29) is 5.56 Å². The SMILES string of the molecule is O=Cc1cn(Cc2cc(C(=O)O)ccc2Cl)cn1. The van der Waals surface area contributed by atoms with Gasteiger partial charge in [0.15, 0.2) is 6.29 Å². The van der Waals surface area contributed by atoms with Gasteiger partial charge in [0.2, 0.25) is 0 Å². The van der Waals surface area contributed by atoms with Crippen molar-refractivity contribution in [1.29, 1.82) is 0 Å². The van der Waals surface area contributed by atoms with Crippen LogP contribution in [0, 0.1) is 0 Å². The van der Waals surface area contributed by atoms with Gasteiger partial charge >= 0.3 is 5.97 Å². The van der Waals surface area contributed by atoms with Gasteiger partial charge in [-0.3, -0.25) is 4.79 Å². The van der Waals surface area contributed by atoms with E-state index in [1.807, 2.05) is 0 Å². The zero-order chi connectivity index (χ0) is 13.1. The highest BCUT2D eigenvalue weighted by Crippen LogP contribution is 2.19. The van der Waals surface area contributed by atoms with Crippen molar-refractivity contribution in [3.8, 4) is 0 Å². The Balaban J connectivity index is 2.30. The number of hydrogen-bond acceptors (Lipinski definition) is 3. The molecule has 0 saturated carbocycles. The van der Waals surface area contributed by atoms with Crippen molar-refractivity contribution in [2.75, 3.05) is 0 Å². The Morgan fingerprint density at radius 1 is 1.50 bits per heavy atom. The van der Waals surface area contributed by atoms with Crippen molar-refractivity contribution in [2.45, 2.75) is 6.54 Å². The van der Waals surface area contributed by atoms with Crippen LogP contribution in [0.4, 0.5) is 0 Å². The Hall–Kier alpha value is -2.14. The monoisotopic (exact) mass is 264 g/mol. The van der Waals surface area contributed by atoms with Crippen LogP contribution in [0.5, 0.6) is 0 Å². The lowest BCUT2D eigenvalue weighted by Gasteiger charge is -2.06. The molecular weight excluding hydrogens is 256 g/mol. The number of halogens is 1. The van der Waals surface area contributed by atoms with Gasteiger partial charge in [0.1, 0.15) is 5.69 Å². The van der Waals surface area contributed by atoms with Gasteiger partial charge in [-0.25, -0.2) is 9.78 Å². The number of carboxylic acid groups (broad SMARTS) is 1. The average Bonchev–Trinajstić information content (AvgIpc) is 2.79. The Morgan fingerprint density at radius 3 is 2.89 bits per heavy atom. The summed E-state index contributed by atoms with van der Waals surface area (Å²) >= 11 is 6.00. The minimum Gasteiger partial charge on any atom is -0.478 e. The van der Waals surface area contributed by atoms with Crippen LogP contribution in [0.15, 0.2) is 30.7 Å². The van der Waals surface area contributed by atoms with E-state index in [4.69, 9.17) is 16.7 Å². The summed E-state index contributed by atoms with van der Waals surface area (Å²) in [6.45, 7) is 0.362. The molecule has 1 N–H and O–H groups in total. The van der Waals surface area contributed by atoms with E-state index in [1.165, 1.54) is 24.5 Å². The van der Waals surface area contributed by atoms with Gasteiger partial charge in [0, 0.05) is 11.2 Å². The van der Waals surface area contributed by atoms with Gasteiger partial charge in [-0.05, 0) is 23.8 Å². The quantitative estimate of drug-likeness (QED) is 0.859. The van der Waals surface area contributed by atoms with E-state index in [0.29, 0.717) is 29.1 Å². The number of carbonyl (C=O) groups excluding carboxylic acids is 1. The van der Waals surface area contributed by atoms with Gasteiger partial charge in [-0.1, -0.05) is 11.6 Å². The first-order chi connectivity index (χ1) is 8.60. The molecule has 0 amide bonds. The molecule has 6 heteroatoms. The molecule has 0 saturated heterocycles. The molecule has 0 spiro atoms. The highest BCUT2D eigenvalue weighted by Gasteiger charge is 2.08. The first kappa shape index (κ1) is 12.3. The number of imidazole rings is 1. The third kappa shape index (κ3) is 2.57. The number of hydrogen-bond donors (Lipinski definition) is 1. The van der Waals surface area contributed by atoms with Gasteiger partial charge in [-0.15, -0.1) is 0 Å². The zero-order valence-electron chi connectivity index (χ0n) is 9.21. The largest absolute Gasteiger partial charge is 0.478 e. The van der Waals surface area contributed by atoms with E-state index in [2.05, 4.69) is 4.98 Å². The van der Waals surface area contributed by atoms with Crippen molar-refractivity contribution in [3.63, 3.8) is 0 Å². The van der Waals surface area contributed by atoms with E-state index in [0.717, 1.165) is 0 Å². The van der Waals surface area contributed by atoms with E-state index in [1.54, 1.807) is 10.8 Å². The van der Waals surface area contributed by atoms with Crippen molar-refractivity contribution in [1.82, 2.24) is 9.55 Å². The molecular formula is C12H9ClN2O3. The van der Waals surface area contributed by atoms with Crippen LogP contribution in [0.3, 0.4) is 0 Å². The molecule has 0 aliphatic heterocycles. The minimum absolute atomic E-state index is 0.171. The summed E-state index contributed by atoms with van der Waals surface area (Å²) in [5, 5.41) is 9.37. The second-order valence-corrected chi connectivity index (χ2v) is 4.11. The number of carboxylic acids is 1. The first-order valence-corrected chi connectivity index (χ1v) is 5.46. The predicted molar refractivity (Wildman–Crippen MR) is 65.1 cm³/mol. The third-order valence-corrected chi connectivity index (χ3v) is 2.79. The number of aromatic carboxylic acids is 1. The molecule has 18 heavy (non-hydrogen) atoms. The number of carbonyl (C=O) groups is 2. The Bertz CT molecular complexity index is 607. The molecule has 2 rings (SSSR count). The van der Waals surface area contributed by atoms with Crippen LogP contribution in [0.1, 0.15) is 26.4 Å². The summed E-state index contributed by atoms with van der Waals surface area (Å²) < 4.78 is 1.66. The minimum atomic E-state index is -1.01. The molecule has 5 nitrogen and oxygen atoms in total. The van der Waals surface area contributed by atoms with Crippen LogP contribution in [-0.4, -0.2) is 26.9 Å². The topological polar surface area (TPSA) is 72.2 Å². The molecule has 1 aromatic heterocycles. The second-order valence-electron chi connectivity index (χ2n) is 3.70. The first-order valence-electron chi connectivity index (χ1n) is 5.09. The van der Waals surface area contributed by atoms with Crippen molar-refractivity contribution < 1.29 is 14.7 Å². The second kappa shape index (κ2) is 5.01. The van der Waals surface area contributed by atoms with Crippen LogP contribution >= 0.6 is 11.6 Å². The molecule has 92 valence electrons. The maximum absolute atomic E-state index is 10.9. The van der Waals surface area contributed by atoms with Gasteiger partial charge in [-0.2, -0.15) is 0 Å². The number of aromatic nitrogens is 2. The molecule has 0 fully saturated rings. The summed E-state index contributed by atoms with van der Waals surface area (Å²) in [6, 6.07) is 4.49. The van der Waals surface area contributed by atoms with E-state index < -0.39 is 5.97 Å². The van der Waals surface area contributed by atoms with Crippen LogP contribution < -0.4 is 0 Å². The normalized spacial score (nSPS) is 10.3. The Morgan fingerprint density at radius 2 is 2.28 bits per heavy atom. The number of rotatable bonds is 4. The third-order valence-electron chi connectivity index (χ3n) is 2.42. The lowest BCUT2D eigenvalue weighted by molar-refractivity contribution is 0.0696. The molecule has 0 aliphatic carbocycles. The fourth-order valence-corrected chi connectivity index (χ4v) is 1.73. The number of benzene rings is 1. The maximum atomic E-state index is 10.9. The summed E-state index contributed by atoms with van der Waals surface area (Å²) in [7, 11) is 0. The highest BCUT2D eigenvalue weighted by molar-refractivity contribution is 6.31. The fraction of sp³-hybridized carbons (Fsp3) is 0.0833. The predicted octanol–water partition coefficient (Wildman–Crippen LogP) is 2.10. The van der Waals surface area contributed by atoms with Crippen LogP contribution in [0.25, 0.3) is 0 Å². The Kier molecular flexibility index (Phi) is 3.43. The van der Waals surface area contributed by atoms with Crippen molar-refractivity contribution in [2.24, 2.45) is 0 Å². The molecule has 2 aromatic rings. The van der Waals surface area contributed by atoms with Gasteiger partial charge < -0.3 is 9.67 Å². The van der Waals surface area contributed by atoms with E-state index >= 15 is 0 Å². The van der Waals surface area contributed by atoms with Gasteiger partial charge in [0.05, 0.1) is 18.4 Å². The molecule has 1 heterocycles. The average molecular weight is 265 g/mol. The summed E-state index contributed by atoms with van der Waals surface area (Å²) in [6.07, 6.45) is 3.70. The smallest absolute Gasteiger partial charge is 0.335 e.